The molecule has 0 bridgehead atoms. The summed E-state index contributed by atoms with van der Waals surface area (Å²) in [6.07, 6.45) is 2.93. The Morgan fingerprint density at radius 2 is 1.93 bits per heavy atom. The van der Waals surface area contributed by atoms with Crippen molar-refractivity contribution in [3.05, 3.63) is 58.8 Å². The molecule has 2 heterocycles. The molecule has 0 saturated carbocycles. The van der Waals surface area contributed by atoms with E-state index in [1.807, 2.05) is 36.4 Å². The molecule has 3 rings (SSSR count). The predicted molar refractivity (Wildman–Crippen MR) is 119 cm³/mol. The molecule has 29 heavy (non-hydrogen) atoms. The van der Waals surface area contributed by atoms with Gasteiger partial charge < -0.3 is 15.4 Å². The summed E-state index contributed by atoms with van der Waals surface area (Å²) in [7, 11) is 0. The number of pyridine rings is 1. The first kappa shape index (κ1) is 21.3. The number of ether oxygens (including phenoxy) is 1. The monoisotopic (exact) mass is 475 g/mol. The van der Waals surface area contributed by atoms with Crippen LogP contribution in [-0.4, -0.2) is 29.1 Å². The van der Waals surface area contributed by atoms with Gasteiger partial charge in [-0.2, -0.15) is 0 Å². The van der Waals surface area contributed by atoms with Gasteiger partial charge in [-0.05, 0) is 56.0 Å². The number of fused-ring (bicyclic) bond motifs is 1. The van der Waals surface area contributed by atoms with E-state index in [1.54, 1.807) is 33.2 Å². The summed E-state index contributed by atoms with van der Waals surface area (Å²) in [6.45, 7) is 5.50. The van der Waals surface area contributed by atoms with E-state index in [-0.39, 0.29) is 12.5 Å². The highest BCUT2D eigenvalue weighted by Gasteiger charge is 2.24. The lowest BCUT2D eigenvalue weighted by atomic mass is 9.98. The molecule has 0 aliphatic carbocycles. The standard InChI is InChI=1S/C21H22BrN3O3S/c1-21(2,3)28-20(27)24-11-16(13-4-6-15(22)7-5-13)19(26)25-18-10-14-8-9-23-12-17(14)29-18/h4-10,12,16H,11H2,1-3H3,(H,24,27)(H,25,26). The van der Waals surface area contributed by atoms with Crippen molar-refractivity contribution in [3.8, 4) is 0 Å². The van der Waals surface area contributed by atoms with Crippen LogP contribution < -0.4 is 10.6 Å². The van der Waals surface area contributed by atoms with E-state index >= 15 is 0 Å². The number of thiophene rings is 1. The third-order valence-corrected chi connectivity index (χ3v) is 5.54. The van der Waals surface area contributed by atoms with E-state index in [4.69, 9.17) is 4.74 Å². The summed E-state index contributed by atoms with van der Waals surface area (Å²) in [6, 6.07) is 11.3. The van der Waals surface area contributed by atoms with Gasteiger partial charge in [0.05, 0.1) is 15.6 Å². The smallest absolute Gasteiger partial charge is 0.407 e. The number of halogens is 1. The van der Waals surface area contributed by atoms with Crippen molar-refractivity contribution >= 4 is 54.4 Å². The van der Waals surface area contributed by atoms with Crippen molar-refractivity contribution in [1.29, 1.82) is 0 Å². The lowest BCUT2D eigenvalue weighted by Crippen LogP contribution is -2.37. The fraction of sp³-hybridized carbons (Fsp3) is 0.286. The van der Waals surface area contributed by atoms with Crippen LogP contribution in [0.1, 0.15) is 32.3 Å². The zero-order valence-electron chi connectivity index (χ0n) is 16.4. The number of benzene rings is 1. The number of hydrogen-bond donors (Lipinski definition) is 2. The molecular weight excluding hydrogens is 454 g/mol. The molecule has 1 aromatic carbocycles. The van der Waals surface area contributed by atoms with Crippen LogP contribution in [0, 0.1) is 0 Å². The molecular formula is C21H22BrN3O3S. The average Bonchev–Trinajstić information content (AvgIpc) is 3.04. The number of amides is 2. The van der Waals surface area contributed by atoms with Crippen molar-refractivity contribution < 1.29 is 14.3 Å². The molecule has 0 fully saturated rings. The number of alkyl carbamates (subject to hydrolysis) is 1. The Kier molecular flexibility index (Phi) is 6.54. The molecule has 2 aromatic heterocycles. The zero-order valence-corrected chi connectivity index (χ0v) is 18.8. The Labute approximate surface area is 181 Å². The largest absolute Gasteiger partial charge is 0.444 e. The van der Waals surface area contributed by atoms with Gasteiger partial charge in [-0.3, -0.25) is 9.78 Å². The van der Waals surface area contributed by atoms with Gasteiger partial charge in [0.25, 0.3) is 0 Å². The maximum atomic E-state index is 13.0. The topological polar surface area (TPSA) is 80.3 Å². The van der Waals surface area contributed by atoms with E-state index in [9.17, 15) is 9.59 Å². The van der Waals surface area contributed by atoms with Crippen LogP contribution in [0.3, 0.4) is 0 Å². The molecule has 0 saturated heterocycles. The number of carbonyl (C=O) groups excluding carboxylic acids is 2. The average molecular weight is 476 g/mol. The number of hydrogen-bond acceptors (Lipinski definition) is 5. The SMILES string of the molecule is CC(C)(C)OC(=O)NCC(C(=O)Nc1cc2ccncc2s1)c1ccc(Br)cc1. The zero-order chi connectivity index (χ0) is 21.0. The van der Waals surface area contributed by atoms with Gasteiger partial charge in [0.1, 0.15) is 5.60 Å². The van der Waals surface area contributed by atoms with Crippen LogP contribution >= 0.6 is 27.3 Å². The van der Waals surface area contributed by atoms with Crippen molar-refractivity contribution in [2.24, 2.45) is 0 Å². The van der Waals surface area contributed by atoms with E-state index in [0.717, 1.165) is 25.1 Å². The van der Waals surface area contributed by atoms with Gasteiger partial charge in [0.2, 0.25) is 5.91 Å². The van der Waals surface area contributed by atoms with Gasteiger partial charge in [0.15, 0.2) is 0 Å². The fourth-order valence-electron chi connectivity index (χ4n) is 2.71. The van der Waals surface area contributed by atoms with Gasteiger partial charge in [-0.25, -0.2) is 4.79 Å². The molecule has 2 amide bonds. The predicted octanol–water partition coefficient (Wildman–Crippen LogP) is 5.31. The van der Waals surface area contributed by atoms with Gasteiger partial charge >= 0.3 is 6.09 Å². The Bertz CT molecular complexity index is 979. The number of nitrogens with zero attached hydrogens (tertiary/aromatic N) is 1. The third kappa shape index (κ3) is 6.01. The van der Waals surface area contributed by atoms with E-state index < -0.39 is 17.6 Å². The molecule has 3 aromatic rings. The van der Waals surface area contributed by atoms with Crippen molar-refractivity contribution in [1.82, 2.24) is 10.3 Å². The Morgan fingerprint density at radius 1 is 1.21 bits per heavy atom. The van der Waals surface area contributed by atoms with Crippen LogP contribution in [0.2, 0.25) is 0 Å². The van der Waals surface area contributed by atoms with Gasteiger partial charge in [-0.15, -0.1) is 11.3 Å². The van der Waals surface area contributed by atoms with Crippen LogP contribution in [-0.2, 0) is 9.53 Å². The number of nitrogens with one attached hydrogen (secondary N) is 2. The highest BCUT2D eigenvalue weighted by Crippen LogP contribution is 2.30. The summed E-state index contributed by atoms with van der Waals surface area (Å²) in [5.74, 6) is -0.776. The normalized spacial score (nSPS) is 12.4. The maximum absolute atomic E-state index is 13.0. The van der Waals surface area contributed by atoms with Crippen molar-refractivity contribution in [2.75, 3.05) is 11.9 Å². The Balaban J connectivity index is 1.76. The second-order valence-electron chi connectivity index (χ2n) is 7.50. The fourth-order valence-corrected chi connectivity index (χ4v) is 3.91. The molecule has 2 N–H and O–H groups in total. The number of anilines is 1. The highest BCUT2D eigenvalue weighted by atomic mass is 79.9. The molecule has 152 valence electrons. The lowest BCUT2D eigenvalue weighted by molar-refractivity contribution is -0.117. The first-order chi connectivity index (χ1) is 13.7. The summed E-state index contributed by atoms with van der Waals surface area (Å²) in [5, 5.41) is 7.42. The minimum Gasteiger partial charge on any atom is -0.444 e. The first-order valence-electron chi connectivity index (χ1n) is 9.08. The molecule has 8 heteroatoms. The summed E-state index contributed by atoms with van der Waals surface area (Å²) < 4.78 is 7.20. The first-order valence-corrected chi connectivity index (χ1v) is 10.7. The Morgan fingerprint density at radius 3 is 2.59 bits per heavy atom. The molecule has 1 unspecified atom stereocenters. The van der Waals surface area contributed by atoms with E-state index in [2.05, 4.69) is 31.5 Å². The van der Waals surface area contributed by atoms with Crippen molar-refractivity contribution in [2.45, 2.75) is 32.3 Å². The molecule has 0 aliphatic heterocycles. The third-order valence-electron chi connectivity index (χ3n) is 4.01. The van der Waals surface area contributed by atoms with Crippen LogP contribution in [0.25, 0.3) is 10.1 Å². The number of aromatic nitrogens is 1. The second-order valence-corrected chi connectivity index (χ2v) is 9.50. The maximum Gasteiger partial charge on any atom is 0.407 e. The lowest BCUT2D eigenvalue weighted by Gasteiger charge is -2.22. The molecule has 0 radical (unpaired) electrons. The quantitative estimate of drug-likeness (QED) is 0.524. The minimum atomic E-state index is -0.607. The Hall–Kier alpha value is -2.45. The number of rotatable bonds is 5. The van der Waals surface area contributed by atoms with E-state index in [0.29, 0.717) is 0 Å². The van der Waals surface area contributed by atoms with E-state index in [1.165, 1.54) is 11.3 Å². The summed E-state index contributed by atoms with van der Waals surface area (Å²) in [5.41, 5.74) is 0.189. The van der Waals surface area contributed by atoms with Crippen molar-refractivity contribution in [3.63, 3.8) is 0 Å². The number of carbonyl (C=O) groups is 2. The highest BCUT2D eigenvalue weighted by molar-refractivity contribution is 9.10. The second kappa shape index (κ2) is 8.92. The molecule has 1 atom stereocenters. The van der Waals surface area contributed by atoms with Crippen LogP contribution in [0.5, 0.6) is 0 Å². The molecule has 6 nitrogen and oxygen atoms in total. The molecule has 0 spiro atoms. The van der Waals surface area contributed by atoms with Gasteiger partial charge in [0, 0.05) is 23.4 Å². The van der Waals surface area contributed by atoms with Gasteiger partial charge in [-0.1, -0.05) is 28.1 Å². The molecule has 0 aliphatic rings. The minimum absolute atomic E-state index is 0.120. The summed E-state index contributed by atoms with van der Waals surface area (Å²) in [4.78, 5) is 29.2. The summed E-state index contributed by atoms with van der Waals surface area (Å²) >= 11 is 4.86. The van der Waals surface area contributed by atoms with Crippen LogP contribution in [0.15, 0.2) is 53.3 Å². The van der Waals surface area contributed by atoms with Crippen LogP contribution in [0.4, 0.5) is 9.80 Å².